The summed E-state index contributed by atoms with van der Waals surface area (Å²) in [6.45, 7) is 0. The summed E-state index contributed by atoms with van der Waals surface area (Å²) in [6, 6.07) is 8.86. The highest BCUT2D eigenvalue weighted by molar-refractivity contribution is 5.35. The van der Waals surface area contributed by atoms with Crippen molar-refractivity contribution in [3.05, 3.63) is 35.4 Å². The van der Waals surface area contributed by atoms with Gasteiger partial charge >= 0.3 is 0 Å². The quantitative estimate of drug-likeness (QED) is 0.773. The van der Waals surface area contributed by atoms with E-state index in [0.29, 0.717) is 0 Å². The molecule has 0 aliphatic heterocycles. The molecule has 2 aliphatic carbocycles. The van der Waals surface area contributed by atoms with Gasteiger partial charge in [0.25, 0.3) is 0 Å². The lowest BCUT2D eigenvalue weighted by atomic mass is 9.96. The Morgan fingerprint density at radius 3 is 2.57 bits per heavy atom. The van der Waals surface area contributed by atoms with E-state index in [4.69, 9.17) is 5.73 Å². The Morgan fingerprint density at radius 2 is 1.93 bits per heavy atom. The van der Waals surface area contributed by atoms with Crippen molar-refractivity contribution in [3.63, 3.8) is 0 Å². The monoisotopic (exact) mass is 187 g/mol. The molecule has 1 aromatic rings. The zero-order chi connectivity index (χ0) is 9.60. The van der Waals surface area contributed by atoms with Gasteiger partial charge in [-0.1, -0.05) is 24.3 Å². The maximum absolute atomic E-state index is 6.17. The first-order chi connectivity index (χ1) is 6.77. The lowest BCUT2D eigenvalue weighted by Gasteiger charge is -2.12. The summed E-state index contributed by atoms with van der Waals surface area (Å²) in [5, 5.41) is 0. The number of hydrogen-bond donors (Lipinski definition) is 1. The Kier molecular flexibility index (Phi) is 1.72. The van der Waals surface area contributed by atoms with Crippen molar-refractivity contribution < 1.29 is 0 Å². The van der Waals surface area contributed by atoms with E-state index >= 15 is 0 Å². The van der Waals surface area contributed by atoms with Crippen molar-refractivity contribution in [2.45, 2.75) is 43.6 Å². The Labute approximate surface area is 85.3 Å². The van der Waals surface area contributed by atoms with Crippen LogP contribution in [-0.4, -0.2) is 5.54 Å². The van der Waals surface area contributed by atoms with Crippen molar-refractivity contribution in [2.24, 2.45) is 5.73 Å². The maximum atomic E-state index is 6.17. The van der Waals surface area contributed by atoms with Crippen molar-refractivity contribution in [2.75, 3.05) is 0 Å². The van der Waals surface area contributed by atoms with Gasteiger partial charge in [-0.3, -0.25) is 0 Å². The zero-order valence-corrected chi connectivity index (χ0v) is 8.50. The van der Waals surface area contributed by atoms with E-state index in [1.807, 2.05) is 0 Å². The first-order valence-electron chi connectivity index (χ1n) is 5.64. The third kappa shape index (κ3) is 1.57. The maximum Gasteiger partial charge on any atom is 0.0196 e. The number of hydrogen-bond acceptors (Lipinski definition) is 1. The lowest BCUT2D eigenvalue weighted by molar-refractivity contribution is 0.667. The van der Waals surface area contributed by atoms with Gasteiger partial charge in [-0.05, 0) is 49.1 Å². The van der Waals surface area contributed by atoms with Gasteiger partial charge in [-0.15, -0.1) is 0 Å². The molecule has 0 unspecified atom stereocenters. The number of benzene rings is 1. The third-order valence-electron chi connectivity index (χ3n) is 3.51. The first kappa shape index (κ1) is 8.49. The van der Waals surface area contributed by atoms with Crippen LogP contribution in [0.2, 0.25) is 0 Å². The summed E-state index contributed by atoms with van der Waals surface area (Å²) >= 11 is 0. The van der Waals surface area contributed by atoms with Gasteiger partial charge in [0.1, 0.15) is 0 Å². The minimum atomic E-state index is 0.158. The van der Waals surface area contributed by atoms with Crippen LogP contribution in [0.3, 0.4) is 0 Å². The SMILES string of the molecule is NC1(Cc2ccccc2C2CC2)CC1. The number of rotatable bonds is 3. The Balaban J connectivity index is 1.87. The van der Waals surface area contributed by atoms with Crippen molar-refractivity contribution in [1.29, 1.82) is 0 Å². The van der Waals surface area contributed by atoms with Gasteiger partial charge in [0.15, 0.2) is 0 Å². The second-order valence-electron chi connectivity index (χ2n) is 5.01. The largest absolute Gasteiger partial charge is 0.325 e. The molecular weight excluding hydrogens is 170 g/mol. The molecule has 0 amide bonds. The first-order valence-corrected chi connectivity index (χ1v) is 5.64. The summed E-state index contributed by atoms with van der Waals surface area (Å²) in [6.07, 6.45) is 6.29. The molecule has 0 spiro atoms. The van der Waals surface area contributed by atoms with Crippen molar-refractivity contribution in [3.8, 4) is 0 Å². The molecule has 0 heterocycles. The molecule has 1 aromatic carbocycles. The van der Waals surface area contributed by atoms with Crippen LogP contribution in [0.1, 0.15) is 42.7 Å². The van der Waals surface area contributed by atoms with Crippen LogP contribution in [0, 0.1) is 0 Å². The second-order valence-corrected chi connectivity index (χ2v) is 5.01. The summed E-state index contributed by atoms with van der Waals surface area (Å²) < 4.78 is 0. The summed E-state index contributed by atoms with van der Waals surface area (Å²) in [5.74, 6) is 0.855. The standard InChI is InChI=1S/C13H17N/c14-13(7-8-13)9-11-3-1-2-4-12(11)10-5-6-10/h1-4,10H,5-9,14H2. The van der Waals surface area contributed by atoms with Crippen LogP contribution in [-0.2, 0) is 6.42 Å². The fourth-order valence-corrected chi connectivity index (χ4v) is 2.20. The van der Waals surface area contributed by atoms with Crippen LogP contribution in [0.5, 0.6) is 0 Å². The van der Waals surface area contributed by atoms with E-state index in [1.54, 1.807) is 5.56 Å². The van der Waals surface area contributed by atoms with Crippen LogP contribution < -0.4 is 5.73 Å². The normalized spacial score (nSPS) is 23.5. The van der Waals surface area contributed by atoms with Crippen molar-refractivity contribution in [1.82, 2.24) is 0 Å². The average molecular weight is 187 g/mol. The highest BCUT2D eigenvalue weighted by atomic mass is 14.8. The van der Waals surface area contributed by atoms with Gasteiger partial charge in [0.2, 0.25) is 0 Å². The molecule has 14 heavy (non-hydrogen) atoms. The minimum Gasteiger partial charge on any atom is -0.325 e. The molecule has 1 nitrogen and oxygen atoms in total. The van der Waals surface area contributed by atoms with E-state index in [0.717, 1.165) is 12.3 Å². The minimum absolute atomic E-state index is 0.158. The highest BCUT2D eigenvalue weighted by Gasteiger charge is 2.39. The highest BCUT2D eigenvalue weighted by Crippen LogP contribution is 2.44. The molecule has 0 radical (unpaired) electrons. The third-order valence-corrected chi connectivity index (χ3v) is 3.51. The lowest BCUT2D eigenvalue weighted by Crippen LogP contribution is -2.25. The van der Waals surface area contributed by atoms with E-state index < -0.39 is 0 Å². The van der Waals surface area contributed by atoms with Crippen LogP contribution in [0.4, 0.5) is 0 Å². The summed E-state index contributed by atoms with van der Waals surface area (Å²) in [5.41, 5.74) is 9.41. The number of nitrogens with two attached hydrogens (primary N) is 1. The Morgan fingerprint density at radius 1 is 1.21 bits per heavy atom. The van der Waals surface area contributed by atoms with Crippen LogP contribution in [0.15, 0.2) is 24.3 Å². The second kappa shape index (κ2) is 2.83. The Hall–Kier alpha value is -0.820. The van der Waals surface area contributed by atoms with Gasteiger partial charge in [0, 0.05) is 5.54 Å². The van der Waals surface area contributed by atoms with E-state index in [2.05, 4.69) is 24.3 Å². The summed E-state index contributed by atoms with van der Waals surface area (Å²) in [7, 11) is 0. The molecule has 2 aliphatic rings. The topological polar surface area (TPSA) is 26.0 Å². The fourth-order valence-electron chi connectivity index (χ4n) is 2.20. The molecule has 74 valence electrons. The molecule has 0 atom stereocenters. The van der Waals surface area contributed by atoms with E-state index in [-0.39, 0.29) is 5.54 Å². The predicted molar refractivity (Wildman–Crippen MR) is 58.3 cm³/mol. The zero-order valence-electron chi connectivity index (χ0n) is 8.50. The van der Waals surface area contributed by atoms with Crippen LogP contribution >= 0.6 is 0 Å². The smallest absolute Gasteiger partial charge is 0.0196 e. The molecule has 3 rings (SSSR count). The van der Waals surface area contributed by atoms with E-state index in [1.165, 1.54) is 31.2 Å². The average Bonchev–Trinajstić information content (AvgIpc) is 3.03. The molecule has 2 saturated carbocycles. The van der Waals surface area contributed by atoms with Gasteiger partial charge in [0.05, 0.1) is 0 Å². The molecule has 2 fully saturated rings. The van der Waals surface area contributed by atoms with Crippen LogP contribution in [0.25, 0.3) is 0 Å². The molecule has 2 N–H and O–H groups in total. The molecule has 0 saturated heterocycles. The van der Waals surface area contributed by atoms with Crippen molar-refractivity contribution >= 4 is 0 Å². The molecule has 0 aromatic heterocycles. The van der Waals surface area contributed by atoms with E-state index in [9.17, 15) is 0 Å². The predicted octanol–water partition coefficient (Wildman–Crippen LogP) is 2.60. The molecular formula is C13H17N. The summed E-state index contributed by atoms with van der Waals surface area (Å²) in [4.78, 5) is 0. The molecule has 1 heteroatoms. The fraction of sp³-hybridized carbons (Fsp3) is 0.538. The molecule has 0 bridgehead atoms. The van der Waals surface area contributed by atoms with Gasteiger partial charge in [-0.25, -0.2) is 0 Å². The van der Waals surface area contributed by atoms with Gasteiger partial charge in [-0.2, -0.15) is 0 Å². The van der Waals surface area contributed by atoms with Gasteiger partial charge < -0.3 is 5.73 Å². The Bertz CT molecular complexity index is 348.